The summed E-state index contributed by atoms with van der Waals surface area (Å²) in [6.45, 7) is 5.07. The van der Waals surface area contributed by atoms with Crippen molar-refractivity contribution in [3.63, 3.8) is 0 Å². The lowest BCUT2D eigenvalue weighted by atomic mass is 10.1. The van der Waals surface area contributed by atoms with E-state index in [2.05, 4.69) is 11.9 Å². The molecular weight excluding hydrogens is 232 g/mol. The predicted molar refractivity (Wildman–Crippen MR) is 69.3 cm³/mol. The number of carboxylic acid groups (broad SMARTS) is 1. The summed E-state index contributed by atoms with van der Waals surface area (Å²) in [5, 5.41) is 11.8. The highest BCUT2D eigenvalue weighted by Gasteiger charge is 2.20. The lowest BCUT2D eigenvalue weighted by Crippen LogP contribution is -2.43. The molecule has 2 N–H and O–H groups in total. The van der Waals surface area contributed by atoms with Crippen molar-refractivity contribution in [3.05, 3.63) is 12.7 Å². The summed E-state index contributed by atoms with van der Waals surface area (Å²) in [5.74, 6) is -0.786. The fourth-order valence-corrected chi connectivity index (χ4v) is 2.21. The summed E-state index contributed by atoms with van der Waals surface area (Å²) in [6.07, 6.45) is 5.81. The van der Waals surface area contributed by atoms with Crippen LogP contribution in [0.4, 0.5) is 0 Å². The molecule has 1 rings (SSSR count). The number of hydrogen-bond acceptors (Lipinski definition) is 3. The number of nitrogens with zero attached hydrogens (tertiary/aromatic N) is 1. The van der Waals surface area contributed by atoms with Crippen LogP contribution in [0.3, 0.4) is 0 Å². The lowest BCUT2D eigenvalue weighted by molar-refractivity contribution is -0.138. The van der Waals surface area contributed by atoms with Crippen molar-refractivity contribution in [1.82, 2.24) is 10.2 Å². The molecule has 5 nitrogen and oxygen atoms in total. The van der Waals surface area contributed by atoms with Crippen LogP contribution in [0, 0.1) is 0 Å². The predicted octanol–water partition coefficient (Wildman–Crippen LogP) is 1.01. The van der Waals surface area contributed by atoms with E-state index in [1.54, 1.807) is 6.08 Å². The zero-order valence-corrected chi connectivity index (χ0v) is 10.7. The first-order valence-corrected chi connectivity index (χ1v) is 6.46. The van der Waals surface area contributed by atoms with E-state index in [4.69, 9.17) is 5.11 Å². The molecule has 0 unspecified atom stereocenters. The normalized spacial score (nSPS) is 21.0. The Bertz CT molecular complexity index is 305. The molecule has 1 fully saturated rings. The summed E-state index contributed by atoms with van der Waals surface area (Å²) in [7, 11) is 0. The van der Waals surface area contributed by atoms with Crippen molar-refractivity contribution in [2.24, 2.45) is 0 Å². The molecule has 0 saturated carbocycles. The van der Waals surface area contributed by atoms with Gasteiger partial charge >= 0.3 is 5.97 Å². The highest BCUT2D eigenvalue weighted by Crippen LogP contribution is 2.10. The number of nitrogens with one attached hydrogen (secondary N) is 1. The maximum absolute atomic E-state index is 11.6. The Morgan fingerprint density at radius 1 is 1.44 bits per heavy atom. The largest absolute Gasteiger partial charge is 0.480 e. The Hall–Kier alpha value is -1.36. The molecule has 1 aliphatic heterocycles. The van der Waals surface area contributed by atoms with E-state index in [0.717, 1.165) is 25.8 Å². The quantitative estimate of drug-likeness (QED) is 0.694. The fraction of sp³-hybridized carbons (Fsp3) is 0.692. The van der Waals surface area contributed by atoms with Crippen molar-refractivity contribution in [2.45, 2.75) is 38.1 Å². The average molecular weight is 254 g/mol. The molecule has 1 saturated heterocycles. The van der Waals surface area contributed by atoms with Crippen molar-refractivity contribution in [1.29, 1.82) is 0 Å². The first kappa shape index (κ1) is 14.7. The van der Waals surface area contributed by atoms with Crippen LogP contribution in [0.5, 0.6) is 0 Å². The molecule has 0 aromatic heterocycles. The zero-order valence-electron chi connectivity index (χ0n) is 10.7. The number of carboxylic acids is 1. The summed E-state index contributed by atoms with van der Waals surface area (Å²) in [6, 6.07) is 0.0733. The summed E-state index contributed by atoms with van der Waals surface area (Å²) in [5.41, 5.74) is 0. The van der Waals surface area contributed by atoms with E-state index in [1.165, 1.54) is 0 Å². The van der Waals surface area contributed by atoms with Gasteiger partial charge in [0.1, 0.15) is 0 Å². The van der Waals surface area contributed by atoms with Gasteiger partial charge in [0.15, 0.2) is 0 Å². The van der Waals surface area contributed by atoms with Crippen LogP contribution < -0.4 is 5.32 Å². The van der Waals surface area contributed by atoms with Crippen LogP contribution in [0.15, 0.2) is 12.7 Å². The van der Waals surface area contributed by atoms with Crippen molar-refractivity contribution in [3.8, 4) is 0 Å². The molecular formula is C13H22N2O3. The zero-order chi connectivity index (χ0) is 13.4. The third kappa shape index (κ3) is 5.82. The topological polar surface area (TPSA) is 69.6 Å². The smallest absolute Gasteiger partial charge is 0.317 e. The monoisotopic (exact) mass is 254 g/mol. The number of likely N-dealkylation sites (tertiary alicyclic amines) is 1. The van der Waals surface area contributed by atoms with Gasteiger partial charge in [0.25, 0.3) is 0 Å². The van der Waals surface area contributed by atoms with Gasteiger partial charge in [0.2, 0.25) is 5.91 Å². The third-order valence-electron chi connectivity index (χ3n) is 3.06. The summed E-state index contributed by atoms with van der Waals surface area (Å²) >= 11 is 0. The molecule has 1 aliphatic rings. The second kappa shape index (κ2) is 7.87. The van der Waals surface area contributed by atoms with Crippen molar-refractivity contribution >= 4 is 11.9 Å². The van der Waals surface area contributed by atoms with Gasteiger partial charge in [0.05, 0.1) is 6.54 Å². The van der Waals surface area contributed by atoms with Crippen molar-refractivity contribution in [2.75, 3.05) is 19.6 Å². The number of allylic oxidation sites excluding steroid dienone is 1. The molecule has 0 bridgehead atoms. The third-order valence-corrected chi connectivity index (χ3v) is 3.06. The highest BCUT2D eigenvalue weighted by atomic mass is 16.4. The van der Waals surface area contributed by atoms with E-state index in [9.17, 15) is 9.59 Å². The standard InChI is InChI=1S/C13H22N2O3/c1-2-3-7-12(16)14-11-6-4-5-8-15(9-11)10-13(17)18/h2,11H,1,3-10H2,(H,14,16)(H,17,18)/t11-/m0/s1. The van der Waals surface area contributed by atoms with Gasteiger partial charge in [-0.2, -0.15) is 0 Å². The Kier molecular flexibility index (Phi) is 6.43. The number of carbonyl (C=O) groups is 2. The number of hydrogen-bond donors (Lipinski definition) is 2. The lowest BCUT2D eigenvalue weighted by Gasteiger charge is -2.23. The van der Waals surface area contributed by atoms with Gasteiger partial charge in [-0.15, -0.1) is 6.58 Å². The molecule has 0 aromatic rings. The van der Waals surface area contributed by atoms with Gasteiger partial charge in [-0.1, -0.05) is 12.5 Å². The van der Waals surface area contributed by atoms with Crippen LogP contribution in [0.1, 0.15) is 32.1 Å². The number of amides is 1. The molecule has 18 heavy (non-hydrogen) atoms. The van der Waals surface area contributed by atoms with Crippen LogP contribution in [0.25, 0.3) is 0 Å². The Morgan fingerprint density at radius 2 is 2.22 bits per heavy atom. The van der Waals surface area contributed by atoms with Crippen molar-refractivity contribution < 1.29 is 14.7 Å². The van der Waals surface area contributed by atoms with Crippen LogP contribution in [-0.4, -0.2) is 47.6 Å². The average Bonchev–Trinajstić information content (AvgIpc) is 2.51. The van der Waals surface area contributed by atoms with E-state index < -0.39 is 5.97 Å². The minimum absolute atomic E-state index is 0.0251. The number of carbonyl (C=O) groups excluding carboxylic acids is 1. The van der Waals surface area contributed by atoms with Crippen LogP contribution >= 0.6 is 0 Å². The molecule has 0 spiro atoms. The molecule has 0 aromatic carbocycles. The molecule has 1 heterocycles. The maximum Gasteiger partial charge on any atom is 0.317 e. The minimum atomic E-state index is -0.811. The Balaban J connectivity index is 2.40. The maximum atomic E-state index is 11.6. The second-order valence-electron chi connectivity index (χ2n) is 4.72. The van der Waals surface area contributed by atoms with E-state index in [0.29, 0.717) is 19.4 Å². The van der Waals surface area contributed by atoms with Gasteiger partial charge in [-0.25, -0.2) is 0 Å². The first-order valence-electron chi connectivity index (χ1n) is 6.46. The number of rotatable bonds is 6. The van der Waals surface area contributed by atoms with Crippen LogP contribution in [-0.2, 0) is 9.59 Å². The van der Waals surface area contributed by atoms with Gasteiger partial charge in [-0.05, 0) is 25.8 Å². The Morgan fingerprint density at radius 3 is 2.89 bits per heavy atom. The molecule has 0 aliphatic carbocycles. The fourth-order valence-electron chi connectivity index (χ4n) is 2.21. The first-order chi connectivity index (χ1) is 8.61. The van der Waals surface area contributed by atoms with Gasteiger partial charge in [-0.3, -0.25) is 14.5 Å². The van der Waals surface area contributed by atoms with E-state index in [-0.39, 0.29) is 18.5 Å². The molecule has 5 heteroatoms. The molecule has 102 valence electrons. The van der Waals surface area contributed by atoms with E-state index in [1.807, 2.05) is 4.90 Å². The second-order valence-corrected chi connectivity index (χ2v) is 4.72. The summed E-state index contributed by atoms with van der Waals surface area (Å²) < 4.78 is 0. The minimum Gasteiger partial charge on any atom is -0.480 e. The number of aliphatic carboxylic acids is 1. The molecule has 0 radical (unpaired) electrons. The Labute approximate surface area is 108 Å². The summed E-state index contributed by atoms with van der Waals surface area (Å²) in [4.78, 5) is 24.2. The molecule has 1 atom stereocenters. The molecule has 1 amide bonds. The highest BCUT2D eigenvalue weighted by molar-refractivity contribution is 5.76. The van der Waals surface area contributed by atoms with Crippen LogP contribution in [0.2, 0.25) is 0 Å². The van der Waals surface area contributed by atoms with E-state index >= 15 is 0 Å². The van der Waals surface area contributed by atoms with Gasteiger partial charge in [0, 0.05) is 19.0 Å². The SMILES string of the molecule is C=CCCC(=O)N[C@H]1CCCCN(CC(=O)O)C1. The van der Waals surface area contributed by atoms with Gasteiger partial charge < -0.3 is 10.4 Å².